The van der Waals surface area contributed by atoms with Crippen molar-refractivity contribution in [2.45, 2.75) is 31.3 Å². The third kappa shape index (κ3) is 2.74. The second kappa shape index (κ2) is 7.16. The molecule has 0 radical (unpaired) electrons. The summed E-state index contributed by atoms with van der Waals surface area (Å²) in [4.78, 5) is 32.5. The van der Waals surface area contributed by atoms with Crippen molar-refractivity contribution >= 4 is 23.4 Å². The van der Waals surface area contributed by atoms with E-state index < -0.39 is 11.2 Å². The van der Waals surface area contributed by atoms with Gasteiger partial charge in [0, 0.05) is 41.2 Å². The third-order valence-corrected chi connectivity index (χ3v) is 8.35. The van der Waals surface area contributed by atoms with E-state index in [1.807, 2.05) is 23.1 Å². The number of rotatable bonds is 6. The van der Waals surface area contributed by atoms with Crippen LogP contribution in [0.15, 0.2) is 53.9 Å². The van der Waals surface area contributed by atoms with Gasteiger partial charge in [-0.3, -0.25) is 14.7 Å². The van der Waals surface area contributed by atoms with E-state index in [9.17, 15) is 14.0 Å². The molecule has 3 aliphatic carbocycles. The minimum absolute atomic E-state index is 0.0193. The van der Waals surface area contributed by atoms with E-state index in [-0.39, 0.29) is 40.4 Å². The van der Waals surface area contributed by atoms with Gasteiger partial charge in [-0.1, -0.05) is 23.7 Å². The second-order valence-corrected chi connectivity index (χ2v) is 10.4. The van der Waals surface area contributed by atoms with Crippen molar-refractivity contribution in [3.63, 3.8) is 0 Å². The van der Waals surface area contributed by atoms with E-state index in [4.69, 9.17) is 16.3 Å². The van der Waals surface area contributed by atoms with Crippen LogP contribution in [0.1, 0.15) is 35.3 Å². The predicted octanol–water partition coefficient (Wildman–Crippen LogP) is 3.85. The smallest absolute Gasteiger partial charge is 0.276 e. The number of aromatic nitrogens is 3. The monoisotopic (exact) mass is 505 g/mol. The molecular weight excluding hydrogens is 485 g/mol. The lowest BCUT2D eigenvalue weighted by Gasteiger charge is -2.51. The minimum Gasteiger partial charge on any atom is -0.481 e. The van der Waals surface area contributed by atoms with Crippen LogP contribution >= 0.6 is 11.6 Å². The maximum Gasteiger partial charge on any atom is 0.276 e. The predicted molar refractivity (Wildman–Crippen MR) is 127 cm³/mol. The van der Waals surface area contributed by atoms with Crippen LogP contribution in [0.4, 0.5) is 4.39 Å². The number of allylic oxidation sites excluding steroid dienone is 1. The Bertz CT molecular complexity index is 1520. The van der Waals surface area contributed by atoms with Gasteiger partial charge in [-0.15, -0.1) is 0 Å². The lowest BCUT2D eigenvalue weighted by Crippen LogP contribution is -2.57. The number of likely N-dealkylation sites (tertiary alicyclic amines) is 1. The van der Waals surface area contributed by atoms with Crippen molar-refractivity contribution in [3.05, 3.63) is 76.0 Å². The fraction of sp³-hybridized carbons (Fsp3) is 0.308. The number of hydrogen-bond acceptors (Lipinski definition) is 5. The summed E-state index contributed by atoms with van der Waals surface area (Å²) in [6.07, 6.45) is 3.12. The average Bonchev–Trinajstić information content (AvgIpc) is 3.18. The van der Waals surface area contributed by atoms with Crippen LogP contribution in [0.2, 0.25) is 5.02 Å². The molecule has 8 nitrogen and oxygen atoms in total. The Morgan fingerprint density at radius 3 is 2.94 bits per heavy atom. The first-order chi connectivity index (χ1) is 17.4. The Hall–Kier alpha value is -3.72. The molecule has 2 N–H and O–H groups in total. The summed E-state index contributed by atoms with van der Waals surface area (Å²) in [5.74, 6) is -0.238. The highest BCUT2D eigenvalue weighted by molar-refractivity contribution is 6.30. The van der Waals surface area contributed by atoms with Gasteiger partial charge in [-0.2, -0.15) is 5.10 Å². The van der Waals surface area contributed by atoms with Gasteiger partial charge >= 0.3 is 0 Å². The van der Waals surface area contributed by atoms with Gasteiger partial charge in [-0.05, 0) is 42.2 Å². The second-order valence-electron chi connectivity index (χ2n) is 9.98. The number of ether oxygens (including phenoxy) is 1. The van der Waals surface area contributed by atoms with Crippen molar-refractivity contribution in [2.75, 3.05) is 7.11 Å². The Morgan fingerprint density at radius 1 is 1.33 bits per heavy atom. The number of aromatic amines is 1. The summed E-state index contributed by atoms with van der Waals surface area (Å²) in [5.41, 5.74) is 2.95. The number of piperidine rings is 1. The first kappa shape index (κ1) is 21.6. The number of amides is 2. The summed E-state index contributed by atoms with van der Waals surface area (Å²) >= 11 is 6.06. The molecular formula is C26H21ClFN5O3. The van der Waals surface area contributed by atoms with E-state index in [1.165, 1.54) is 13.2 Å². The minimum atomic E-state index is -0.556. The van der Waals surface area contributed by atoms with Crippen molar-refractivity contribution in [1.82, 2.24) is 25.4 Å². The van der Waals surface area contributed by atoms with Crippen molar-refractivity contribution in [3.8, 4) is 17.1 Å². The van der Waals surface area contributed by atoms with E-state index in [2.05, 4.69) is 20.5 Å². The van der Waals surface area contributed by atoms with Crippen LogP contribution in [-0.4, -0.2) is 44.5 Å². The Labute approximate surface area is 210 Å². The highest BCUT2D eigenvalue weighted by Gasteiger charge is 2.83. The Morgan fingerprint density at radius 2 is 2.19 bits per heavy atom. The zero-order valence-corrected chi connectivity index (χ0v) is 20.0. The Kier molecular flexibility index (Phi) is 4.29. The highest BCUT2D eigenvalue weighted by atomic mass is 35.5. The van der Waals surface area contributed by atoms with Crippen LogP contribution in [0.25, 0.3) is 11.3 Å². The first-order valence-corrected chi connectivity index (χ1v) is 12.1. The standard InChI is InChI=1S/C26H21ClFN5O3/c1-36-21-6-15(17(28)11-29-21)18-7-19(32-31-18)23(34)33-20-9-25(12-26(33)8-16(26)22(20)25)24(35)30-10-13-3-2-4-14(27)5-13/h2-7,11,16H,8-10,12H2,1H3,(H,30,35)(H,31,32)/t16-,25-,26+/m0/s1. The van der Waals surface area contributed by atoms with Crippen LogP contribution in [0.5, 0.6) is 5.88 Å². The molecule has 3 atom stereocenters. The molecule has 0 saturated heterocycles. The first-order valence-electron chi connectivity index (χ1n) is 11.7. The van der Waals surface area contributed by atoms with Gasteiger partial charge in [0.05, 0.1) is 30.0 Å². The van der Waals surface area contributed by atoms with Crippen molar-refractivity contribution < 1.29 is 18.7 Å². The molecule has 3 heterocycles. The van der Waals surface area contributed by atoms with Gasteiger partial charge in [0.15, 0.2) is 5.82 Å². The topological polar surface area (TPSA) is 100 Å². The zero-order valence-electron chi connectivity index (χ0n) is 19.3. The van der Waals surface area contributed by atoms with Gasteiger partial charge < -0.3 is 15.0 Å². The maximum absolute atomic E-state index is 14.4. The normalized spacial score (nSPS) is 26.5. The van der Waals surface area contributed by atoms with Crippen molar-refractivity contribution in [1.29, 1.82) is 0 Å². The zero-order chi connectivity index (χ0) is 24.8. The molecule has 2 fully saturated rings. The summed E-state index contributed by atoms with van der Waals surface area (Å²) < 4.78 is 19.4. The molecule has 3 aromatic rings. The molecule has 7 rings (SSSR count). The van der Waals surface area contributed by atoms with Gasteiger partial charge in [0.25, 0.3) is 5.91 Å². The van der Waals surface area contributed by atoms with Gasteiger partial charge in [0.1, 0.15) is 5.69 Å². The molecule has 0 unspecified atom stereocenters. The summed E-state index contributed by atoms with van der Waals surface area (Å²) in [6, 6.07) is 10.4. The third-order valence-electron chi connectivity index (χ3n) is 8.12. The van der Waals surface area contributed by atoms with Crippen LogP contribution in [-0.2, 0) is 11.3 Å². The molecule has 2 bridgehead atoms. The number of pyridine rings is 1. The van der Waals surface area contributed by atoms with Gasteiger partial charge in [0.2, 0.25) is 11.8 Å². The Balaban J connectivity index is 1.12. The number of hydrogen-bond donors (Lipinski definition) is 2. The number of nitrogens with one attached hydrogen (secondary N) is 2. The number of halogens is 2. The quantitative estimate of drug-likeness (QED) is 0.530. The molecule has 36 heavy (non-hydrogen) atoms. The van der Waals surface area contributed by atoms with Crippen LogP contribution in [0.3, 0.4) is 0 Å². The summed E-state index contributed by atoms with van der Waals surface area (Å²) in [6.45, 7) is 0.414. The summed E-state index contributed by atoms with van der Waals surface area (Å²) in [7, 11) is 1.45. The lowest BCUT2D eigenvalue weighted by atomic mass is 9.62. The molecule has 10 heteroatoms. The maximum atomic E-state index is 14.4. The fourth-order valence-corrected chi connectivity index (χ4v) is 6.75. The largest absolute Gasteiger partial charge is 0.481 e. The molecule has 1 aliphatic heterocycles. The highest BCUT2D eigenvalue weighted by Crippen LogP contribution is 2.81. The van der Waals surface area contributed by atoms with E-state index >= 15 is 0 Å². The molecule has 0 spiro atoms. The summed E-state index contributed by atoms with van der Waals surface area (Å²) in [5, 5.41) is 10.7. The van der Waals surface area contributed by atoms with Crippen molar-refractivity contribution in [2.24, 2.45) is 11.3 Å². The molecule has 2 saturated carbocycles. The average molecular weight is 506 g/mol. The van der Waals surface area contributed by atoms with Crippen LogP contribution < -0.4 is 10.1 Å². The molecule has 2 aromatic heterocycles. The number of carbonyl (C=O) groups excluding carboxylic acids is 2. The number of nitrogens with zero attached hydrogens (tertiary/aromatic N) is 3. The lowest BCUT2D eigenvalue weighted by molar-refractivity contribution is -0.132. The van der Waals surface area contributed by atoms with Crippen LogP contribution in [0, 0.1) is 17.2 Å². The SMILES string of the molecule is COc1cc(-c2cc(C(=O)N3C4=C5[C@@H]6C[C@@]63C[C@@]5(C(=O)NCc3cccc(Cl)c3)C4)[nH]n2)c(F)cn1. The fourth-order valence-electron chi connectivity index (χ4n) is 6.54. The molecule has 1 aromatic carbocycles. The molecule has 2 amide bonds. The van der Waals surface area contributed by atoms with E-state index in [1.54, 1.807) is 12.1 Å². The van der Waals surface area contributed by atoms with E-state index in [0.717, 1.165) is 29.5 Å². The van der Waals surface area contributed by atoms with Gasteiger partial charge in [-0.25, -0.2) is 9.37 Å². The number of carbonyl (C=O) groups is 2. The van der Waals surface area contributed by atoms with E-state index in [0.29, 0.717) is 30.1 Å². The number of methoxy groups -OCH3 is 1. The molecule has 182 valence electrons. The number of benzene rings is 1. The number of H-pyrrole nitrogens is 1. The molecule has 4 aliphatic rings.